The average Bonchev–Trinajstić information content (AvgIpc) is 3.64. The van der Waals surface area contributed by atoms with Crippen molar-refractivity contribution in [3.63, 3.8) is 0 Å². The Kier molecular flexibility index (Phi) is 8.22. The van der Waals surface area contributed by atoms with Crippen LogP contribution in [0.4, 0.5) is 0 Å². The standard InChI is InChI=1S/C27H27N3O5S2/c1-19(22-16-23(26-6-4-15-36-26)25(35-3)17-24(22)34-2)27(31)20-7-9-21(10-8-20)37(32,33)29-11-5-13-30-14-12-28-18-30/h4,6-10,12,14-18,29H,1,5,11,13H2,2-3H3. The molecule has 8 nitrogen and oxygen atoms in total. The molecule has 0 bridgehead atoms. The zero-order valence-corrected chi connectivity index (χ0v) is 22.1. The fourth-order valence-electron chi connectivity index (χ4n) is 3.81. The number of hydrogen-bond acceptors (Lipinski definition) is 7. The van der Waals surface area contributed by atoms with E-state index >= 15 is 0 Å². The zero-order valence-electron chi connectivity index (χ0n) is 20.5. The van der Waals surface area contributed by atoms with E-state index in [1.807, 2.05) is 34.3 Å². The first-order valence-electron chi connectivity index (χ1n) is 11.4. The fourth-order valence-corrected chi connectivity index (χ4v) is 5.63. The number of allylic oxidation sites excluding steroid dienone is 1. The van der Waals surface area contributed by atoms with Crippen LogP contribution in [0.3, 0.4) is 0 Å². The van der Waals surface area contributed by atoms with Crippen LogP contribution in [0.5, 0.6) is 11.5 Å². The van der Waals surface area contributed by atoms with Crippen LogP contribution >= 0.6 is 11.3 Å². The van der Waals surface area contributed by atoms with Gasteiger partial charge in [0.1, 0.15) is 11.5 Å². The highest BCUT2D eigenvalue weighted by atomic mass is 32.2. The molecule has 4 rings (SSSR count). The molecule has 0 radical (unpaired) electrons. The minimum atomic E-state index is -3.71. The molecule has 0 aliphatic heterocycles. The average molecular weight is 538 g/mol. The van der Waals surface area contributed by atoms with Gasteiger partial charge in [-0.05, 0) is 48.2 Å². The molecule has 1 N–H and O–H groups in total. The van der Waals surface area contributed by atoms with Crippen molar-refractivity contribution in [2.45, 2.75) is 17.9 Å². The molecule has 37 heavy (non-hydrogen) atoms. The van der Waals surface area contributed by atoms with Crippen molar-refractivity contribution in [1.82, 2.24) is 14.3 Å². The summed E-state index contributed by atoms with van der Waals surface area (Å²) in [7, 11) is -0.611. The molecule has 2 aromatic carbocycles. The molecule has 2 aromatic heterocycles. The highest BCUT2D eigenvalue weighted by molar-refractivity contribution is 7.89. The second-order valence-electron chi connectivity index (χ2n) is 8.11. The van der Waals surface area contributed by atoms with Gasteiger partial charge < -0.3 is 14.0 Å². The number of carbonyl (C=O) groups excluding carboxylic acids is 1. The maximum absolute atomic E-state index is 13.3. The molecule has 0 saturated heterocycles. The molecule has 0 aliphatic rings. The van der Waals surface area contributed by atoms with Gasteiger partial charge in [-0.2, -0.15) is 0 Å². The van der Waals surface area contributed by atoms with Crippen LogP contribution in [0.2, 0.25) is 0 Å². The minimum Gasteiger partial charge on any atom is -0.496 e. The number of methoxy groups -OCH3 is 2. The van der Waals surface area contributed by atoms with Gasteiger partial charge in [0.05, 0.1) is 25.4 Å². The summed E-state index contributed by atoms with van der Waals surface area (Å²) in [4.78, 5) is 18.3. The van der Waals surface area contributed by atoms with Crippen LogP contribution in [0.25, 0.3) is 16.0 Å². The van der Waals surface area contributed by atoms with E-state index in [1.54, 1.807) is 37.0 Å². The molecule has 0 atom stereocenters. The second-order valence-corrected chi connectivity index (χ2v) is 10.8. The number of sulfonamides is 1. The van der Waals surface area contributed by atoms with Gasteiger partial charge in [0.2, 0.25) is 10.0 Å². The Labute approximate surface area is 220 Å². The topological polar surface area (TPSA) is 99.5 Å². The molecule has 0 saturated carbocycles. The number of imidazole rings is 1. The van der Waals surface area contributed by atoms with Crippen molar-refractivity contribution in [2.75, 3.05) is 20.8 Å². The zero-order chi connectivity index (χ0) is 26.4. The summed E-state index contributed by atoms with van der Waals surface area (Å²) in [5, 5.41) is 1.96. The van der Waals surface area contributed by atoms with Gasteiger partial charge >= 0.3 is 0 Å². The predicted octanol–water partition coefficient (Wildman–Crippen LogP) is 4.89. The maximum atomic E-state index is 13.3. The summed E-state index contributed by atoms with van der Waals surface area (Å²) < 4.78 is 40.8. The first-order valence-corrected chi connectivity index (χ1v) is 13.8. The maximum Gasteiger partial charge on any atom is 0.240 e. The van der Waals surface area contributed by atoms with Gasteiger partial charge in [0.15, 0.2) is 5.78 Å². The number of benzene rings is 2. The Morgan fingerprint density at radius 1 is 1.11 bits per heavy atom. The molecule has 0 fully saturated rings. The van der Waals surface area contributed by atoms with Crippen molar-refractivity contribution in [3.8, 4) is 21.9 Å². The normalized spacial score (nSPS) is 11.3. The first-order chi connectivity index (χ1) is 17.8. The van der Waals surface area contributed by atoms with E-state index < -0.39 is 10.0 Å². The number of aryl methyl sites for hydroxylation is 1. The van der Waals surface area contributed by atoms with Gasteiger partial charge in [-0.1, -0.05) is 12.6 Å². The third-order valence-corrected chi connectivity index (χ3v) is 8.16. The number of thiophene rings is 1. The number of nitrogens with one attached hydrogen (secondary N) is 1. The Morgan fingerprint density at radius 2 is 1.86 bits per heavy atom. The van der Waals surface area contributed by atoms with Gasteiger partial charge in [0.25, 0.3) is 0 Å². The lowest BCUT2D eigenvalue weighted by Crippen LogP contribution is -2.25. The van der Waals surface area contributed by atoms with E-state index in [4.69, 9.17) is 9.47 Å². The predicted molar refractivity (Wildman–Crippen MR) is 145 cm³/mol. The van der Waals surface area contributed by atoms with Gasteiger partial charge in [0, 0.05) is 58.7 Å². The number of aromatic nitrogens is 2. The number of ether oxygens (including phenoxy) is 2. The molecule has 10 heteroatoms. The monoisotopic (exact) mass is 537 g/mol. The molecular formula is C27H27N3O5S2. The van der Waals surface area contributed by atoms with Crippen molar-refractivity contribution in [3.05, 3.63) is 90.3 Å². The highest BCUT2D eigenvalue weighted by Gasteiger charge is 2.21. The third kappa shape index (κ3) is 5.99. The number of nitrogens with zero attached hydrogens (tertiary/aromatic N) is 2. The number of carbonyl (C=O) groups is 1. The van der Waals surface area contributed by atoms with Crippen LogP contribution in [-0.2, 0) is 16.6 Å². The van der Waals surface area contributed by atoms with E-state index in [-0.39, 0.29) is 22.8 Å². The smallest absolute Gasteiger partial charge is 0.240 e. The summed E-state index contributed by atoms with van der Waals surface area (Å²) >= 11 is 1.55. The summed E-state index contributed by atoms with van der Waals surface area (Å²) in [6, 6.07) is 13.3. The molecule has 4 aromatic rings. The van der Waals surface area contributed by atoms with Crippen LogP contribution in [0, 0.1) is 0 Å². The Morgan fingerprint density at radius 3 is 2.49 bits per heavy atom. The molecule has 192 valence electrons. The van der Waals surface area contributed by atoms with Crippen molar-refractivity contribution in [2.24, 2.45) is 0 Å². The molecule has 0 amide bonds. The highest BCUT2D eigenvalue weighted by Crippen LogP contribution is 2.40. The molecule has 0 spiro atoms. The van der Waals surface area contributed by atoms with Crippen LogP contribution in [-0.4, -0.2) is 44.5 Å². The van der Waals surface area contributed by atoms with Crippen LogP contribution < -0.4 is 14.2 Å². The summed E-state index contributed by atoms with van der Waals surface area (Å²) in [5.41, 5.74) is 1.90. The summed E-state index contributed by atoms with van der Waals surface area (Å²) in [6.07, 6.45) is 5.80. The Bertz CT molecular complexity index is 1480. The number of Topliss-reactive ketones (excluding diaryl/α,β-unsaturated/α-hetero) is 1. The summed E-state index contributed by atoms with van der Waals surface area (Å²) in [6.45, 7) is 4.96. The molecule has 0 unspecified atom stereocenters. The third-order valence-electron chi connectivity index (χ3n) is 5.78. The largest absolute Gasteiger partial charge is 0.496 e. The van der Waals surface area contributed by atoms with E-state index in [9.17, 15) is 13.2 Å². The second kappa shape index (κ2) is 11.5. The van der Waals surface area contributed by atoms with E-state index in [0.717, 1.165) is 10.4 Å². The Balaban J connectivity index is 1.50. The van der Waals surface area contributed by atoms with Crippen molar-refractivity contribution >= 4 is 32.7 Å². The lowest BCUT2D eigenvalue weighted by atomic mass is 9.95. The lowest BCUT2D eigenvalue weighted by molar-refractivity contribution is 0.105. The van der Waals surface area contributed by atoms with Gasteiger partial charge in [-0.25, -0.2) is 18.1 Å². The molecular weight excluding hydrogens is 510 g/mol. The summed E-state index contributed by atoms with van der Waals surface area (Å²) in [5.74, 6) is 0.739. The van der Waals surface area contributed by atoms with Gasteiger partial charge in [-0.15, -0.1) is 11.3 Å². The molecule has 2 heterocycles. The SMILES string of the molecule is C=C(C(=O)c1ccc(S(=O)(=O)NCCCn2ccnc2)cc1)c1cc(-c2cccs2)c(OC)cc1OC. The number of rotatable bonds is 12. The van der Waals surface area contributed by atoms with E-state index in [2.05, 4.69) is 16.3 Å². The van der Waals surface area contributed by atoms with Crippen molar-refractivity contribution in [1.29, 1.82) is 0 Å². The van der Waals surface area contributed by atoms with Crippen LogP contribution in [0.15, 0.2) is 84.1 Å². The van der Waals surface area contributed by atoms with E-state index in [0.29, 0.717) is 35.6 Å². The lowest BCUT2D eigenvalue weighted by Gasteiger charge is -2.15. The minimum absolute atomic E-state index is 0.0827. The quantitative estimate of drug-likeness (QED) is 0.157. The number of ketones is 1. The fraction of sp³-hybridized carbons (Fsp3) is 0.185. The van der Waals surface area contributed by atoms with Gasteiger partial charge in [-0.3, -0.25) is 4.79 Å². The molecule has 0 aliphatic carbocycles. The van der Waals surface area contributed by atoms with E-state index in [1.165, 1.54) is 31.4 Å². The van der Waals surface area contributed by atoms with Crippen molar-refractivity contribution < 1.29 is 22.7 Å². The number of hydrogen-bond donors (Lipinski definition) is 1. The Hall–Kier alpha value is -3.73. The first kappa shape index (κ1) is 26.3. The van der Waals surface area contributed by atoms with Crippen LogP contribution in [0.1, 0.15) is 22.3 Å².